The number of hydrogen-bond acceptors (Lipinski definition) is 2. The maximum atomic E-state index is 13.2. The molecule has 0 fully saturated rings. The second kappa shape index (κ2) is 7.20. The lowest BCUT2D eigenvalue weighted by molar-refractivity contribution is -0.117. The summed E-state index contributed by atoms with van der Waals surface area (Å²) in [6.45, 7) is 4.73. The van der Waals surface area contributed by atoms with E-state index < -0.39 is 0 Å². The molecule has 0 atom stereocenters. The second-order valence-electron chi connectivity index (χ2n) is 7.00. The van der Waals surface area contributed by atoms with Crippen LogP contribution in [0.4, 0.5) is 11.4 Å². The van der Waals surface area contributed by atoms with Gasteiger partial charge in [-0.25, -0.2) is 0 Å². The van der Waals surface area contributed by atoms with Crippen molar-refractivity contribution in [2.45, 2.75) is 26.8 Å². The molecule has 4 rings (SSSR count). The normalized spacial score (nSPS) is 13.8. The lowest BCUT2D eigenvalue weighted by Crippen LogP contribution is -2.31. The second-order valence-corrected chi connectivity index (χ2v) is 7.00. The van der Waals surface area contributed by atoms with E-state index in [2.05, 4.69) is 32.0 Å². The largest absolute Gasteiger partial charge is 0.306 e. The van der Waals surface area contributed by atoms with Gasteiger partial charge in [0.05, 0.1) is 30.1 Å². The van der Waals surface area contributed by atoms with Gasteiger partial charge in [-0.05, 0) is 42.7 Å². The highest BCUT2D eigenvalue weighted by atomic mass is 16.2. The molecule has 3 aromatic carbocycles. The molecule has 0 N–H and O–H groups in total. The number of benzene rings is 3. The number of anilines is 1. The minimum atomic E-state index is 0.0726. The van der Waals surface area contributed by atoms with Gasteiger partial charge in [0.15, 0.2) is 0 Å². The molecule has 1 amide bonds. The van der Waals surface area contributed by atoms with Crippen molar-refractivity contribution < 1.29 is 4.79 Å². The summed E-state index contributed by atoms with van der Waals surface area (Å²) in [7, 11) is 0. The SMILES string of the molecule is Cc1ccc(C)c(CN2C(=O)CC(c3ccccc3)=Nc3ccccc32)c1. The highest BCUT2D eigenvalue weighted by Crippen LogP contribution is 2.34. The molecule has 3 aromatic rings. The molecule has 0 spiro atoms. The predicted molar refractivity (Wildman–Crippen MR) is 111 cm³/mol. The Bertz CT molecular complexity index is 1020. The standard InChI is InChI=1S/C24H22N2O/c1-17-12-13-18(2)20(14-17)16-26-23-11-7-6-10-21(23)25-22(15-24(26)27)19-8-4-3-5-9-19/h3-14H,15-16H2,1-2H3. The molecule has 1 aliphatic rings. The van der Waals surface area contributed by atoms with Gasteiger partial charge in [-0.3, -0.25) is 9.79 Å². The lowest BCUT2D eigenvalue weighted by atomic mass is 10.0. The number of aryl methyl sites for hydroxylation is 2. The molecule has 1 aliphatic heterocycles. The Morgan fingerprint density at radius 1 is 0.926 bits per heavy atom. The van der Waals surface area contributed by atoms with E-state index in [0.29, 0.717) is 13.0 Å². The van der Waals surface area contributed by atoms with Crippen molar-refractivity contribution in [3.63, 3.8) is 0 Å². The zero-order valence-corrected chi connectivity index (χ0v) is 15.6. The molecule has 0 aliphatic carbocycles. The Labute approximate surface area is 160 Å². The van der Waals surface area contributed by atoms with Crippen LogP contribution in [0.5, 0.6) is 0 Å². The van der Waals surface area contributed by atoms with Crippen LogP contribution >= 0.6 is 0 Å². The van der Waals surface area contributed by atoms with E-state index in [4.69, 9.17) is 4.99 Å². The third kappa shape index (κ3) is 3.54. The van der Waals surface area contributed by atoms with E-state index in [1.165, 1.54) is 16.7 Å². The number of para-hydroxylation sites is 2. The van der Waals surface area contributed by atoms with Gasteiger partial charge in [0.1, 0.15) is 0 Å². The first kappa shape index (κ1) is 17.2. The van der Waals surface area contributed by atoms with Crippen molar-refractivity contribution in [2.24, 2.45) is 4.99 Å². The smallest absolute Gasteiger partial charge is 0.233 e. The number of hydrogen-bond donors (Lipinski definition) is 0. The molecule has 3 nitrogen and oxygen atoms in total. The summed E-state index contributed by atoms with van der Waals surface area (Å²) >= 11 is 0. The average molecular weight is 354 g/mol. The third-order valence-corrected chi connectivity index (χ3v) is 4.99. The molecular weight excluding hydrogens is 332 g/mol. The van der Waals surface area contributed by atoms with Crippen molar-refractivity contribution in [3.8, 4) is 0 Å². The summed E-state index contributed by atoms with van der Waals surface area (Å²) in [5.74, 6) is 0.0726. The van der Waals surface area contributed by atoms with Gasteiger partial charge in [0, 0.05) is 0 Å². The Morgan fingerprint density at radius 2 is 1.67 bits per heavy atom. The Hall–Kier alpha value is -3.20. The van der Waals surface area contributed by atoms with Crippen LogP contribution in [0.15, 0.2) is 77.8 Å². The zero-order chi connectivity index (χ0) is 18.8. The zero-order valence-electron chi connectivity index (χ0n) is 15.6. The highest BCUT2D eigenvalue weighted by molar-refractivity contribution is 6.17. The van der Waals surface area contributed by atoms with Gasteiger partial charge in [-0.15, -0.1) is 0 Å². The van der Waals surface area contributed by atoms with E-state index in [-0.39, 0.29) is 5.91 Å². The van der Waals surface area contributed by atoms with E-state index >= 15 is 0 Å². The quantitative estimate of drug-likeness (QED) is 0.623. The minimum absolute atomic E-state index is 0.0726. The van der Waals surface area contributed by atoms with Crippen LogP contribution in [-0.4, -0.2) is 11.6 Å². The van der Waals surface area contributed by atoms with Crippen LogP contribution in [0.3, 0.4) is 0 Å². The number of carbonyl (C=O) groups excluding carboxylic acids is 1. The summed E-state index contributed by atoms with van der Waals surface area (Å²) in [5.41, 5.74) is 7.08. The average Bonchev–Trinajstić information content (AvgIpc) is 2.82. The third-order valence-electron chi connectivity index (χ3n) is 4.99. The lowest BCUT2D eigenvalue weighted by Gasteiger charge is -2.23. The predicted octanol–water partition coefficient (Wildman–Crippen LogP) is 5.36. The molecule has 3 heteroatoms. The first-order valence-corrected chi connectivity index (χ1v) is 9.20. The Kier molecular flexibility index (Phi) is 4.59. The van der Waals surface area contributed by atoms with Gasteiger partial charge in [-0.1, -0.05) is 66.2 Å². The number of amides is 1. The molecule has 0 bridgehead atoms. The minimum Gasteiger partial charge on any atom is -0.306 e. The number of nitrogens with zero attached hydrogens (tertiary/aromatic N) is 2. The van der Waals surface area contributed by atoms with Crippen molar-refractivity contribution in [1.82, 2.24) is 0 Å². The Morgan fingerprint density at radius 3 is 2.48 bits per heavy atom. The van der Waals surface area contributed by atoms with Crippen LogP contribution < -0.4 is 4.90 Å². The molecular formula is C24H22N2O. The summed E-state index contributed by atoms with van der Waals surface area (Å²) in [6.07, 6.45) is 0.295. The fourth-order valence-electron chi connectivity index (χ4n) is 3.46. The maximum absolute atomic E-state index is 13.2. The molecule has 134 valence electrons. The first-order chi connectivity index (χ1) is 13.1. The van der Waals surface area contributed by atoms with Crippen LogP contribution in [0, 0.1) is 13.8 Å². The maximum Gasteiger partial charge on any atom is 0.233 e. The van der Waals surface area contributed by atoms with Crippen molar-refractivity contribution in [2.75, 3.05) is 4.90 Å². The topological polar surface area (TPSA) is 32.7 Å². The molecule has 0 saturated carbocycles. The number of carbonyl (C=O) groups is 1. The van der Waals surface area contributed by atoms with Gasteiger partial charge in [0.25, 0.3) is 0 Å². The van der Waals surface area contributed by atoms with Crippen LogP contribution in [-0.2, 0) is 11.3 Å². The molecule has 27 heavy (non-hydrogen) atoms. The van der Waals surface area contributed by atoms with Crippen LogP contribution in [0.2, 0.25) is 0 Å². The molecule has 1 heterocycles. The van der Waals surface area contributed by atoms with E-state index in [0.717, 1.165) is 22.6 Å². The summed E-state index contributed by atoms with van der Waals surface area (Å²) in [6, 6.07) is 24.2. The summed E-state index contributed by atoms with van der Waals surface area (Å²) in [5, 5.41) is 0. The first-order valence-electron chi connectivity index (χ1n) is 9.20. The Balaban J connectivity index is 1.76. The van der Waals surface area contributed by atoms with Crippen LogP contribution in [0.1, 0.15) is 28.7 Å². The number of rotatable bonds is 3. The van der Waals surface area contributed by atoms with E-state index in [1.807, 2.05) is 59.5 Å². The summed E-state index contributed by atoms with van der Waals surface area (Å²) in [4.78, 5) is 19.9. The van der Waals surface area contributed by atoms with Gasteiger partial charge in [0.2, 0.25) is 5.91 Å². The van der Waals surface area contributed by atoms with Gasteiger partial charge in [-0.2, -0.15) is 0 Å². The number of fused-ring (bicyclic) bond motifs is 1. The van der Waals surface area contributed by atoms with E-state index in [1.54, 1.807) is 0 Å². The van der Waals surface area contributed by atoms with Crippen molar-refractivity contribution in [3.05, 3.63) is 95.1 Å². The van der Waals surface area contributed by atoms with Crippen molar-refractivity contribution in [1.29, 1.82) is 0 Å². The van der Waals surface area contributed by atoms with Gasteiger partial charge < -0.3 is 4.90 Å². The fourth-order valence-corrected chi connectivity index (χ4v) is 3.46. The van der Waals surface area contributed by atoms with Gasteiger partial charge >= 0.3 is 0 Å². The molecule has 0 aromatic heterocycles. The fraction of sp³-hybridized carbons (Fsp3) is 0.167. The summed E-state index contributed by atoms with van der Waals surface area (Å²) < 4.78 is 0. The van der Waals surface area contributed by atoms with Crippen molar-refractivity contribution >= 4 is 23.0 Å². The highest BCUT2D eigenvalue weighted by Gasteiger charge is 2.25. The molecule has 0 radical (unpaired) electrons. The van der Waals surface area contributed by atoms with Crippen LogP contribution in [0.25, 0.3) is 0 Å². The molecule has 0 unspecified atom stereocenters. The van der Waals surface area contributed by atoms with E-state index in [9.17, 15) is 4.79 Å². The number of aliphatic imine (C=N–C) groups is 1. The molecule has 0 saturated heterocycles. The monoisotopic (exact) mass is 354 g/mol.